The minimum Gasteiger partial charge on any atom is -0.306 e. The molecule has 2 atom stereocenters. The van der Waals surface area contributed by atoms with Crippen LogP contribution in [-0.4, -0.2) is 31.8 Å². The average Bonchev–Trinajstić information content (AvgIpc) is 3.08. The molecule has 5 rings (SSSR count). The Labute approximate surface area is 287 Å². The number of rotatable bonds is 5. The lowest BCUT2D eigenvalue weighted by atomic mass is 9.72. The Hall–Kier alpha value is -2.63. The molecule has 4 aliphatic rings. The molecule has 0 spiro atoms. The summed E-state index contributed by atoms with van der Waals surface area (Å²) in [5.41, 5.74) is 9.99. The van der Waals surface area contributed by atoms with E-state index in [1.165, 1.54) is 93.3 Å². The van der Waals surface area contributed by atoms with Crippen LogP contribution in [0.25, 0.3) is 0 Å². The van der Waals surface area contributed by atoms with Gasteiger partial charge < -0.3 is 4.90 Å². The van der Waals surface area contributed by atoms with E-state index in [4.69, 9.17) is 6.42 Å². The molecule has 0 amide bonds. The summed E-state index contributed by atoms with van der Waals surface area (Å²) >= 11 is 0. The zero-order valence-electron chi connectivity index (χ0n) is 32.1. The quantitative estimate of drug-likeness (QED) is 0.180. The Morgan fingerprint density at radius 3 is 1.93 bits per heavy atom. The van der Waals surface area contributed by atoms with Gasteiger partial charge in [0.05, 0.1) is 0 Å². The lowest BCUT2D eigenvalue weighted by Crippen LogP contribution is -2.29. The summed E-state index contributed by atoms with van der Waals surface area (Å²) in [7, 11) is 2.19. The summed E-state index contributed by atoms with van der Waals surface area (Å²) in [6.45, 7) is 30.9. The summed E-state index contributed by atoms with van der Waals surface area (Å²) in [5, 5.41) is 0. The van der Waals surface area contributed by atoms with E-state index in [0.29, 0.717) is 5.92 Å². The summed E-state index contributed by atoms with van der Waals surface area (Å²) in [5.74, 6) is 5.73. The first kappa shape index (κ1) is 43.4. The molecule has 0 aromatic heterocycles. The van der Waals surface area contributed by atoms with E-state index in [0.717, 1.165) is 29.7 Å². The first-order valence-electron chi connectivity index (χ1n) is 18.7. The highest BCUT2D eigenvalue weighted by molar-refractivity contribution is 5.39. The Bertz CT molecular complexity index is 1110. The Balaban J connectivity index is 0.000000620. The van der Waals surface area contributed by atoms with E-state index in [1.807, 2.05) is 53.7 Å². The van der Waals surface area contributed by atoms with Gasteiger partial charge in [-0.15, -0.1) is 13.0 Å². The smallest absolute Gasteiger partial charge is 0.0385 e. The number of hydrogen-bond acceptors (Lipinski definition) is 2. The van der Waals surface area contributed by atoms with Crippen molar-refractivity contribution in [1.29, 1.82) is 0 Å². The maximum Gasteiger partial charge on any atom is 0.0385 e. The van der Waals surface area contributed by atoms with Crippen molar-refractivity contribution in [3.05, 3.63) is 82.1 Å². The normalized spacial score (nSPS) is 21.2. The van der Waals surface area contributed by atoms with Crippen molar-refractivity contribution in [3.63, 3.8) is 0 Å². The maximum atomic E-state index is 5.34. The third kappa shape index (κ3) is 14.4. The summed E-state index contributed by atoms with van der Waals surface area (Å²) in [6.07, 6.45) is 22.8. The predicted octanol–water partition coefficient (Wildman–Crippen LogP) is 13.0. The highest BCUT2D eigenvalue weighted by atomic mass is 15.1. The molecule has 3 aliphatic carbocycles. The number of aliphatic imine (C=N–C) groups is 1. The third-order valence-corrected chi connectivity index (χ3v) is 9.58. The van der Waals surface area contributed by atoms with Crippen LogP contribution in [0.1, 0.15) is 150 Å². The standard InChI is InChI=1S/C15H22.C14H17N.C9H15N.3C2H6/c1-4-12-10-13(5-2)15(9-11(12)3)14-7-6-8-14;1-3-12-4-6-13(7-5-12)14-8-10-15(2)11-9-14;1-7-4-5-9(10-3)8(2)6-7;3*1-2/h4,9,12,14H,1,5-8,10H2,2-3H3;1,4-7,14H,8-11H2,2H3;7H,3-6H2,1-2H3;3*1-2H3. The number of nitrogens with zero attached hydrogens (tertiary/aromatic N) is 2. The molecule has 258 valence electrons. The Morgan fingerprint density at radius 2 is 1.50 bits per heavy atom. The van der Waals surface area contributed by atoms with E-state index < -0.39 is 0 Å². The maximum absolute atomic E-state index is 5.34. The van der Waals surface area contributed by atoms with E-state index in [2.05, 4.69) is 88.1 Å². The van der Waals surface area contributed by atoms with Crippen LogP contribution in [-0.2, 0) is 0 Å². The predicted molar refractivity (Wildman–Crippen MR) is 210 cm³/mol. The van der Waals surface area contributed by atoms with E-state index in [1.54, 1.807) is 11.1 Å². The molecule has 1 saturated carbocycles. The van der Waals surface area contributed by atoms with Crippen LogP contribution in [0.2, 0.25) is 0 Å². The van der Waals surface area contributed by atoms with Gasteiger partial charge in [-0.2, -0.15) is 0 Å². The zero-order valence-corrected chi connectivity index (χ0v) is 32.1. The summed E-state index contributed by atoms with van der Waals surface area (Å²) in [6, 6.07) is 8.47. The molecule has 1 heterocycles. The first-order valence-corrected chi connectivity index (χ1v) is 18.7. The number of terminal acetylenes is 1. The fourth-order valence-corrected chi connectivity index (χ4v) is 6.49. The lowest BCUT2D eigenvalue weighted by Gasteiger charge is -2.33. The minimum absolute atomic E-state index is 0.601. The molecule has 1 saturated heterocycles. The number of likely N-dealkylation sites (tertiary alicyclic amines) is 1. The number of allylic oxidation sites excluding steroid dienone is 7. The summed E-state index contributed by atoms with van der Waals surface area (Å²) < 4.78 is 0. The van der Waals surface area contributed by atoms with Crippen LogP contribution < -0.4 is 0 Å². The van der Waals surface area contributed by atoms with Crippen molar-refractivity contribution >= 4 is 6.72 Å². The second-order valence-corrected chi connectivity index (χ2v) is 12.6. The monoisotopic (exact) mass is 629 g/mol. The Kier molecular flexibility index (Phi) is 24.0. The van der Waals surface area contributed by atoms with Crippen molar-refractivity contribution in [1.82, 2.24) is 4.90 Å². The van der Waals surface area contributed by atoms with Crippen molar-refractivity contribution < 1.29 is 0 Å². The fourth-order valence-electron chi connectivity index (χ4n) is 6.49. The van der Waals surface area contributed by atoms with Crippen LogP contribution >= 0.6 is 0 Å². The third-order valence-electron chi connectivity index (χ3n) is 9.58. The van der Waals surface area contributed by atoms with E-state index in [-0.39, 0.29) is 0 Å². The van der Waals surface area contributed by atoms with Gasteiger partial charge in [0, 0.05) is 17.2 Å². The van der Waals surface area contributed by atoms with Gasteiger partial charge in [0.2, 0.25) is 0 Å². The molecule has 0 N–H and O–H groups in total. The minimum atomic E-state index is 0.601. The van der Waals surface area contributed by atoms with Gasteiger partial charge in [-0.05, 0) is 140 Å². The molecule has 0 bridgehead atoms. The van der Waals surface area contributed by atoms with Crippen LogP contribution in [0, 0.1) is 30.1 Å². The molecular formula is C44H72N2. The van der Waals surface area contributed by atoms with E-state index >= 15 is 0 Å². The van der Waals surface area contributed by atoms with Crippen molar-refractivity contribution in [2.24, 2.45) is 22.7 Å². The second kappa shape index (κ2) is 25.5. The highest BCUT2D eigenvalue weighted by Crippen LogP contribution is 2.42. The second-order valence-electron chi connectivity index (χ2n) is 12.6. The molecule has 1 aromatic rings. The van der Waals surface area contributed by atoms with Crippen LogP contribution in [0.4, 0.5) is 0 Å². The molecular weight excluding hydrogens is 556 g/mol. The summed E-state index contributed by atoms with van der Waals surface area (Å²) in [4.78, 5) is 6.39. The van der Waals surface area contributed by atoms with Crippen molar-refractivity contribution in [2.75, 3.05) is 20.1 Å². The molecule has 2 unspecified atom stereocenters. The average molecular weight is 629 g/mol. The van der Waals surface area contributed by atoms with Gasteiger partial charge >= 0.3 is 0 Å². The lowest BCUT2D eigenvalue weighted by molar-refractivity contribution is 0.255. The first-order chi connectivity index (χ1) is 22.3. The number of benzene rings is 1. The molecule has 2 nitrogen and oxygen atoms in total. The molecule has 0 radical (unpaired) electrons. The highest BCUT2D eigenvalue weighted by Gasteiger charge is 2.26. The Morgan fingerprint density at radius 1 is 0.913 bits per heavy atom. The molecule has 1 aliphatic heterocycles. The fraction of sp³-hybridized carbons (Fsp3) is 0.614. The largest absolute Gasteiger partial charge is 0.306 e. The molecule has 2 heteroatoms. The van der Waals surface area contributed by atoms with Crippen molar-refractivity contribution in [2.45, 2.75) is 139 Å². The number of hydrogen-bond donors (Lipinski definition) is 0. The van der Waals surface area contributed by atoms with Crippen LogP contribution in [0.3, 0.4) is 0 Å². The molecule has 1 aromatic carbocycles. The van der Waals surface area contributed by atoms with Crippen LogP contribution in [0.5, 0.6) is 0 Å². The van der Waals surface area contributed by atoms with Gasteiger partial charge in [-0.25, -0.2) is 0 Å². The van der Waals surface area contributed by atoms with Gasteiger partial charge in [-0.3, -0.25) is 4.99 Å². The number of piperidine rings is 1. The van der Waals surface area contributed by atoms with Gasteiger partial charge in [-0.1, -0.05) is 109 Å². The SMILES string of the molecule is C#Cc1ccc(C2CCN(C)CC2)cc1.C=CC1CC(CC)=C(C2CCC2)C=C1C.C=NC1=C(C)CC(C)CC1.CC.CC.CC. The topological polar surface area (TPSA) is 15.6 Å². The van der Waals surface area contributed by atoms with Gasteiger partial charge in [0.25, 0.3) is 0 Å². The van der Waals surface area contributed by atoms with E-state index in [9.17, 15) is 0 Å². The van der Waals surface area contributed by atoms with Gasteiger partial charge in [0.1, 0.15) is 0 Å². The van der Waals surface area contributed by atoms with Crippen LogP contribution in [0.15, 0.2) is 76.0 Å². The molecule has 2 fully saturated rings. The zero-order chi connectivity index (χ0) is 35.1. The van der Waals surface area contributed by atoms with Crippen molar-refractivity contribution in [3.8, 4) is 12.3 Å². The molecule has 46 heavy (non-hydrogen) atoms. The van der Waals surface area contributed by atoms with Gasteiger partial charge in [0.15, 0.2) is 0 Å².